The fourth-order valence-corrected chi connectivity index (χ4v) is 3.18. The van der Waals surface area contributed by atoms with Crippen molar-refractivity contribution in [3.63, 3.8) is 0 Å². The van der Waals surface area contributed by atoms with Gasteiger partial charge in [0.15, 0.2) is 5.11 Å². The first kappa shape index (κ1) is 20.6. The van der Waals surface area contributed by atoms with Crippen molar-refractivity contribution in [3.05, 3.63) is 95.1 Å². The van der Waals surface area contributed by atoms with Crippen LogP contribution in [0.4, 0.5) is 5.69 Å². The van der Waals surface area contributed by atoms with Gasteiger partial charge < -0.3 is 10.1 Å². The van der Waals surface area contributed by atoms with Gasteiger partial charge in [0.25, 0.3) is 5.91 Å². The lowest BCUT2D eigenvalue weighted by Gasteiger charge is -2.14. The van der Waals surface area contributed by atoms with Crippen LogP contribution in [0.2, 0.25) is 0 Å². The third kappa shape index (κ3) is 5.90. The molecule has 0 saturated carbocycles. The molecule has 29 heavy (non-hydrogen) atoms. The lowest BCUT2D eigenvalue weighted by molar-refractivity contribution is 0.0974. The van der Waals surface area contributed by atoms with E-state index in [2.05, 4.69) is 28.8 Å². The summed E-state index contributed by atoms with van der Waals surface area (Å²) in [6.45, 7) is 4.51. The summed E-state index contributed by atoms with van der Waals surface area (Å²) in [7, 11) is 0. The summed E-state index contributed by atoms with van der Waals surface area (Å²) in [5, 5.41) is 6.07. The molecule has 0 radical (unpaired) electrons. The van der Waals surface area contributed by atoms with E-state index in [0.29, 0.717) is 17.9 Å². The second kappa shape index (κ2) is 9.85. The van der Waals surface area contributed by atoms with Gasteiger partial charge in [-0.1, -0.05) is 60.2 Å². The molecule has 4 nitrogen and oxygen atoms in total. The summed E-state index contributed by atoms with van der Waals surface area (Å²) < 4.78 is 5.87. The normalized spacial score (nSPS) is 10.3. The highest BCUT2D eigenvalue weighted by Crippen LogP contribution is 2.19. The summed E-state index contributed by atoms with van der Waals surface area (Å²) in [6.07, 6.45) is 0.767. The molecule has 0 aliphatic carbocycles. The van der Waals surface area contributed by atoms with Crippen molar-refractivity contribution in [1.82, 2.24) is 5.32 Å². The number of amides is 1. The van der Waals surface area contributed by atoms with E-state index in [1.54, 1.807) is 18.2 Å². The molecule has 0 aromatic heterocycles. The smallest absolute Gasteiger partial charge is 0.261 e. The number of benzene rings is 3. The van der Waals surface area contributed by atoms with Crippen molar-refractivity contribution < 1.29 is 9.53 Å². The molecule has 0 heterocycles. The molecule has 0 fully saturated rings. The van der Waals surface area contributed by atoms with Crippen molar-refractivity contribution in [1.29, 1.82) is 0 Å². The third-order valence-electron chi connectivity index (χ3n) is 4.48. The van der Waals surface area contributed by atoms with Crippen LogP contribution in [0.1, 0.15) is 27.0 Å². The first-order valence-corrected chi connectivity index (χ1v) is 9.89. The zero-order valence-corrected chi connectivity index (χ0v) is 17.4. The van der Waals surface area contributed by atoms with Gasteiger partial charge in [0.05, 0.1) is 12.2 Å². The highest BCUT2D eigenvalue weighted by atomic mass is 32.1. The summed E-state index contributed by atoms with van der Waals surface area (Å²) in [4.78, 5) is 12.7. The molecule has 5 heteroatoms. The lowest BCUT2D eigenvalue weighted by Crippen LogP contribution is -2.34. The zero-order valence-electron chi connectivity index (χ0n) is 16.6. The van der Waals surface area contributed by atoms with E-state index in [1.807, 2.05) is 50.2 Å². The number of thiocarbonyl (C=S) groups is 1. The molecule has 0 bridgehead atoms. The number of nitrogens with one attached hydrogen (secondary N) is 2. The van der Waals surface area contributed by atoms with Gasteiger partial charge in [-0.2, -0.15) is 0 Å². The van der Waals surface area contributed by atoms with E-state index in [4.69, 9.17) is 17.0 Å². The second-order valence-electron chi connectivity index (χ2n) is 6.81. The van der Waals surface area contributed by atoms with E-state index in [9.17, 15) is 4.79 Å². The van der Waals surface area contributed by atoms with Crippen molar-refractivity contribution in [2.24, 2.45) is 0 Å². The van der Waals surface area contributed by atoms with Crippen LogP contribution < -0.4 is 15.4 Å². The molecule has 0 spiro atoms. The predicted octanol–water partition coefficient (Wildman–Crippen LogP) is 5.05. The molecular weight excluding hydrogens is 380 g/mol. The Bertz CT molecular complexity index is 1000. The standard InChI is InChI=1S/C24H24N2O2S/c1-17-12-13-21(18(2)16-17)25-24(29)26-23(27)20-10-6-7-11-22(20)28-15-14-19-8-4-3-5-9-19/h3-13,16H,14-15H2,1-2H3,(H2,25,26,27,29). The van der Waals surface area contributed by atoms with Crippen molar-refractivity contribution in [3.8, 4) is 5.75 Å². The maximum Gasteiger partial charge on any atom is 0.261 e. The van der Waals surface area contributed by atoms with Gasteiger partial charge in [-0.15, -0.1) is 0 Å². The molecule has 148 valence electrons. The Labute approximate surface area is 176 Å². The van der Waals surface area contributed by atoms with E-state index in [1.165, 1.54) is 11.1 Å². The minimum absolute atomic E-state index is 0.251. The van der Waals surface area contributed by atoms with Crippen molar-refractivity contribution in [2.45, 2.75) is 20.3 Å². The lowest BCUT2D eigenvalue weighted by atomic mass is 10.1. The minimum Gasteiger partial charge on any atom is -0.492 e. The Kier molecular flexibility index (Phi) is 6.98. The van der Waals surface area contributed by atoms with E-state index in [-0.39, 0.29) is 11.0 Å². The number of ether oxygens (including phenoxy) is 1. The maximum absolute atomic E-state index is 12.7. The average molecular weight is 405 g/mol. The molecular formula is C24H24N2O2S. The Hall–Kier alpha value is -3.18. The first-order valence-electron chi connectivity index (χ1n) is 9.48. The summed E-state index contributed by atoms with van der Waals surface area (Å²) in [6, 6.07) is 23.3. The number of hydrogen-bond donors (Lipinski definition) is 2. The van der Waals surface area contributed by atoms with E-state index < -0.39 is 0 Å². The molecule has 3 aromatic rings. The Balaban J connectivity index is 1.60. The van der Waals surface area contributed by atoms with Gasteiger partial charge in [-0.25, -0.2) is 0 Å². The summed E-state index contributed by atoms with van der Waals surface area (Å²) in [5.74, 6) is 0.234. The van der Waals surface area contributed by atoms with Crippen LogP contribution in [0.5, 0.6) is 5.75 Å². The molecule has 3 aromatic carbocycles. The SMILES string of the molecule is Cc1ccc(NC(=S)NC(=O)c2ccccc2OCCc2ccccc2)c(C)c1. The minimum atomic E-state index is -0.303. The Morgan fingerprint density at radius 2 is 1.69 bits per heavy atom. The van der Waals surface area contributed by atoms with Crippen LogP contribution in [0, 0.1) is 13.8 Å². The molecule has 3 rings (SSSR count). The molecule has 1 amide bonds. The molecule has 0 aliphatic rings. The van der Waals surface area contributed by atoms with E-state index in [0.717, 1.165) is 17.7 Å². The van der Waals surface area contributed by atoms with Crippen LogP contribution in [0.25, 0.3) is 0 Å². The van der Waals surface area contributed by atoms with Gasteiger partial charge in [-0.05, 0) is 55.4 Å². The Morgan fingerprint density at radius 3 is 2.45 bits per heavy atom. The zero-order chi connectivity index (χ0) is 20.6. The van der Waals surface area contributed by atoms with Gasteiger partial charge in [0.1, 0.15) is 5.75 Å². The van der Waals surface area contributed by atoms with Crippen LogP contribution in [-0.2, 0) is 6.42 Å². The second-order valence-corrected chi connectivity index (χ2v) is 7.22. The van der Waals surface area contributed by atoms with Crippen molar-refractivity contribution in [2.75, 3.05) is 11.9 Å². The third-order valence-corrected chi connectivity index (χ3v) is 4.68. The monoisotopic (exact) mass is 404 g/mol. The topological polar surface area (TPSA) is 50.4 Å². The van der Waals surface area contributed by atoms with Gasteiger partial charge in [0.2, 0.25) is 0 Å². The van der Waals surface area contributed by atoms with Crippen LogP contribution in [0.3, 0.4) is 0 Å². The number of rotatable bonds is 6. The average Bonchev–Trinajstić information content (AvgIpc) is 2.71. The van der Waals surface area contributed by atoms with Gasteiger partial charge in [-0.3, -0.25) is 10.1 Å². The molecule has 0 unspecified atom stereocenters. The van der Waals surface area contributed by atoms with Crippen LogP contribution in [-0.4, -0.2) is 17.6 Å². The number of para-hydroxylation sites is 1. The highest BCUT2D eigenvalue weighted by molar-refractivity contribution is 7.80. The maximum atomic E-state index is 12.7. The number of carbonyl (C=O) groups is 1. The predicted molar refractivity (Wildman–Crippen MR) is 122 cm³/mol. The molecule has 0 aliphatic heterocycles. The largest absolute Gasteiger partial charge is 0.492 e. The van der Waals surface area contributed by atoms with Gasteiger partial charge >= 0.3 is 0 Å². The first-order chi connectivity index (χ1) is 14.0. The number of anilines is 1. The fourth-order valence-electron chi connectivity index (χ4n) is 2.98. The number of carbonyl (C=O) groups excluding carboxylic acids is 1. The number of aryl methyl sites for hydroxylation is 2. The highest BCUT2D eigenvalue weighted by Gasteiger charge is 2.14. The van der Waals surface area contributed by atoms with Gasteiger partial charge in [0, 0.05) is 12.1 Å². The van der Waals surface area contributed by atoms with E-state index >= 15 is 0 Å². The molecule has 0 saturated heterocycles. The van der Waals surface area contributed by atoms with Crippen LogP contribution >= 0.6 is 12.2 Å². The molecule has 2 N–H and O–H groups in total. The van der Waals surface area contributed by atoms with Crippen LogP contribution in [0.15, 0.2) is 72.8 Å². The van der Waals surface area contributed by atoms with Crippen molar-refractivity contribution >= 4 is 28.9 Å². The number of hydrogen-bond acceptors (Lipinski definition) is 3. The molecule has 0 atom stereocenters. The summed E-state index contributed by atoms with van der Waals surface area (Å²) in [5.41, 5.74) is 4.74. The Morgan fingerprint density at radius 1 is 0.966 bits per heavy atom. The fraction of sp³-hybridized carbons (Fsp3) is 0.167. The summed E-state index contributed by atoms with van der Waals surface area (Å²) >= 11 is 5.32. The quantitative estimate of drug-likeness (QED) is 0.565.